The van der Waals surface area contributed by atoms with Crippen LogP contribution in [0.5, 0.6) is 0 Å². The summed E-state index contributed by atoms with van der Waals surface area (Å²) in [6.45, 7) is 1.44. The van der Waals surface area contributed by atoms with Gasteiger partial charge in [0.1, 0.15) is 73.2 Å². The topological polar surface area (TPSA) is 307 Å². The molecule has 0 aromatic heterocycles. The molecule has 87 heavy (non-hydrogen) atoms. The van der Waals surface area contributed by atoms with Crippen LogP contribution in [0.15, 0.2) is 109 Å². The first-order valence-electron chi connectivity index (χ1n) is 32.6. The minimum atomic E-state index is -1.98. The number of carbonyl (C=O) groups excluding carboxylic acids is 1. The standard InChI is InChI=1S/C68H113NO18/c1-3-5-7-9-11-12-13-14-15-16-17-18-19-20-21-22-23-24-25-26-27-28-29-30-31-32-33-34-35-36-37-38-40-42-44-46-56(74)69-51(52(73)45-43-41-39-10-8-6-4-2)50-82-66-62(80)59(77)64(54(48-71)84-66)87-68-63(81)60(78)65(55(49-72)85-68)86-67-61(79)58(76)57(75)53(47-70)83-67/h5,7-8,10-12,14-15,17-18,20-21,23-24,26-27,43,45,51-55,57-68,70-73,75-81H,3-4,6,9,13,16,19,22,25,28-42,44,46-50H2,1-2H3,(H,69,74)/b7-5-,10-8+,12-11-,15-14-,18-17-,21-20-,24-23-,27-26-,45-43+. The zero-order chi connectivity index (χ0) is 63.3. The summed E-state index contributed by atoms with van der Waals surface area (Å²) in [4.78, 5) is 13.3. The van der Waals surface area contributed by atoms with Gasteiger partial charge >= 0.3 is 0 Å². The number of amides is 1. The lowest BCUT2D eigenvalue weighted by molar-refractivity contribution is -0.379. The average Bonchev–Trinajstić information content (AvgIpc) is 2.35. The van der Waals surface area contributed by atoms with Gasteiger partial charge in [0.25, 0.3) is 0 Å². The second kappa shape index (κ2) is 49.2. The summed E-state index contributed by atoms with van der Waals surface area (Å²) in [5.41, 5.74) is 0. The Morgan fingerprint density at radius 3 is 1.28 bits per heavy atom. The smallest absolute Gasteiger partial charge is 0.220 e. The van der Waals surface area contributed by atoms with E-state index >= 15 is 0 Å². The number of carbonyl (C=O) groups is 1. The summed E-state index contributed by atoms with van der Waals surface area (Å²) in [5, 5.41) is 120. The summed E-state index contributed by atoms with van der Waals surface area (Å²) >= 11 is 0. The molecule has 3 heterocycles. The Labute approximate surface area is 519 Å². The highest BCUT2D eigenvalue weighted by Gasteiger charge is 2.53. The molecule has 19 nitrogen and oxygen atoms in total. The molecule has 3 aliphatic heterocycles. The Hall–Kier alpha value is -3.55. The van der Waals surface area contributed by atoms with Crippen LogP contribution in [0.25, 0.3) is 0 Å². The molecule has 1 amide bonds. The van der Waals surface area contributed by atoms with Crippen molar-refractivity contribution in [3.05, 3.63) is 109 Å². The molecule has 0 aromatic carbocycles. The van der Waals surface area contributed by atoms with Crippen LogP contribution in [0.4, 0.5) is 0 Å². The van der Waals surface area contributed by atoms with Gasteiger partial charge in [0.15, 0.2) is 18.9 Å². The van der Waals surface area contributed by atoms with Crippen molar-refractivity contribution in [2.24, 2.45) is 0 Å². The van der Waals surface area contributed by atoms with Gasteiger partial charge in [-0.15, -0.1) is 0 Å². The summed E-state index contributed by atoms with van der Waals surface area (Å²) < 4.78 is 34.1. The summed E-state index contributed by atoms with van der Waals surface area (Å²) in [6.07, 6.45) is 38.5. The van der Waals surface area contributed by atoms with Crippen LogP contribution in [0.3, 0.4) is 0 Å². The fourth-order valence-corrected chi connectivity index (χ4v) is 10.3. The van der Waals surface area contributed by atoms with E-state index in [1.807, 2.05) is 0 Å². The number of hydrogen-bond acceptors (Lipinski definition) is 18. The number of aliphatic hydroxyl groups is 11. The van der Waals surface area contributed by atoms with Gasteiger partial charge in [-0.1, -0.05) is 200 Å². The summed E-state index contributed by atoms with van der Waals surface area (Å²) in [6, 6.07) is -0.994. The van der Waals surface area contributed by atoms with Crippen molar-refractivity contribution in [2.75, 3.05) is 26.4 Å². The molecule has 17 atom stereocenters. The maximum absolute atomic E-state index is 13.3. The van der Waals surface area contributed by atoms with Crippen LogP contribution in [0.1, 0.15) is 181 Å². The van der Waals surface area contributed by atoms with Crippen LogP contribution >= 0.6 is 0 Å². The van der Waals surface area contributed by atoms with Gasteiger partial charge in [-0.2, -0.15) is 0 Å². The Bertz CT molecular complexity index is 2000. The predicted octanol–water partition coefficient (Wildman–Crippen LogP) is 7.49. The highest BCUT2D eigenvalue weighted by molar-refractivity contribution is 5.76. The van der Waals surface area contributed by atoms with E-state index in [-0.39, 0.29) is 18.9 Å². The Morgan fingerprint density at radius 1 is 0.425 bits per heavy atom. The molecule has 3 fully saturated rings. The fourth-order valence-electron chi connectivity index (χ4n) is 10.3. The molecule has 19 heteroatoms. The van der Waals surface area contributed by atoms with E-state index in [0.29, 0.717) is 12.8 Å². The van der Waals surface area contributed by atoms with E-state index in [1.165, 1.54) is 51.4 Å². The van der Waals surface area contributed by atoms with Crippen molar-refractivity contribution in [3.63, 3.8) is 0 Å². The first-order chi connectivity index (χ1) is 42.3. The first kappa shape index (κ1) is 77.7. The van der Waals surface area contributed by atoms with E-state index in [4.69, 9.17) is 28.4 Å². The zero-order valence-corrected chi connectivity index (χ0v) is 52.2. The molecule has 3 aliphatic rings. The number of allylic oxidation sites excluding steroid dienone is 17. The average molecular weight is 1230 g/mol. The summed E-state index contributed by atoms with van der Waals surface area (Å²) in [7, 11) is 0. The number of aliphatic hydroxyl groups excluding tert-OH is 11. The number of unbranched alkanes of at least 4 members (excludes halogenated alkanes) is 15. The third-order valence-corrected chi connectivity index (χ3v) is 15.5. The second-order valence-corrected chi connectivity index (χ2v) is 22.8. The molecular weight excluding hydrogens is 1120 g/mol. The third-order valence-electron chi connectivity index (χ3n) is 15.5. The lowest BCUT2D eigenvalue weighted by Gasteiger charge is -2.48. The van der Waals surface area contributed by atoms with Crippen molar-refractivity contribution < 1.29 is 89.4 Å². The van der Waals surface area contributed by atoms with Crippen LogP contribution in [0.2, 0.25) is 0 Å². The molecule has 0 aromatic rings. The van der Waals surface area contributed by atoms with Gasteiger partial charge in [-0.25, -0.2) is 0 Å². The lowest BCUT2D eigenvalue weighted by atomic mass is 9.96. The number of rotatable bonds is 47. The highest BCUT2D eigenvalue weighted by atomic mass is 16.8. The van der Waals surface area contributed by atoms with Gasteiger partial charge < -0.3 is 89.9 Å². The molecule has 0 radical (unpaired) electrons. The number of nitrogens with one attached hydrogen (secondary N) is 1. The monoisotopic (exact) mass is 1230 g/mol. The Morgan fingerprint density at radius 2 is 0.805 bits per heavy atom. The predicted molar refractivity (Wildman–Crippen MR) is 337 cm³/mol. The maximum atomic E-state index is 13.3. The van der Waals surface area contributed by atoms with Gasteiger partial charge in [-0.05, 0) is 83.5 Å². The van der Waals surface area contributed by atoms with E-state index in [0.717, 1.165) is 96.3 Å². The molecule has 0 bridgehead atoms. The highest BCUT2D eigenvalue weighted by Crippen LogP contribution is 2.33. The molecule has 498 valence electrons. The molecule has 12 N–H and O–H groups in total. The van der Waals surface area contributed by atoms with Gasteiger partial charge in [0, 0.05) is 6.42 Å². The second-order valence-electron chi connectivity index (χ2n) is 22.8. The first-order valence-corrected chi connectivity index (χ1v) is 32.6. The van der Waals surface area contributed by atoms with Crippen LogP contribution < -0.4 is 5.32 Å². The molecule has 0 saturated carbocycles. The van der Waals surface area contributed by atoms with Crippen molar-refractivity contribution in [2.45, 2.75) is 285 Å². The van der Waals surface area contributed by atoms with Gasteiger partial charge in [0.2, 0.25) is 5.91 Å². The van der Waals surface area contributed by atoms with Crippen molar-refractivity contribution in [3.8, 4) is 0 Å². The fraction of sp³-hybridized carbons (Fsp3) is 0.721. The quantitative estimate of drug-likeness (QED) is 0.0207. The molecule has 0 spiro atoms. The van der Waals surface area contributed by atoms with Gasteiger partial charge in [0.05, 0.1) is 38.6 Å². The van der Waals surface area contributed by atoms with Crippen LogP contribution in [0, 0.1) is 0 Å². The van der Waals surface area contributed by atoms with Gasteiger partial charge in [-0.3, -0.25) is 4.79 Å². The largest absolute Gasteiger partial charge is 0.394 e. The molecule has 0 aliphatic carbocycles. The van der Waals surface area contributed by atoms with Crippen LogP contribution in [-0.4, -0.2) is 193 Å². The van der Waals surface area contributed by atoms with Crippen molar-refractivity contribution >= 4 is 5.91 Å². The Balaban J connectivity index is 1.31. The summed E-state index contributed by atoms with van der Waals surface area (Å²) in [5.74, 6) is -0.297. The molecule has 3 rings (SSSR count). The molecular formula is C68H113NO18. The molecule has 17 unspecified atom stereocenters. The van der Waals surface area contributed by atoms with E-state index in [2.05, 4.69) is 116 Å². The van der Waals surface area contributed by atoms with Crippen LogP contribution in [-0.2, 0) is 33.2 Å². The third kappa shape index (κ3) is 31.8. The van der Waals surface area contributed by atoms with Crippen molar-refractivity contribution in [1.29, 1.82) is 0 Å². The van der Waals surface area contributed by atoms with Crippen molar-refractivity contribution in [1.82, 2.24) is 5.32 Å². The minimum absolute atomic E-state index is 0.226. The normalized spacial score (nSPS) is 29.3. The minimum Gasteiger partial charge on any atom is -0.394 e. The lowest BCUT2D eigenvalue weighted by Crippen LogP contribution is -2.66. The number of ether oxygens (including phenoxy) is 6. The van der Waals surface area contributed by atoms with E-state index in [1.54, 1.807) is 12.2 Å². The zero-order valence-electron chi connectivity index (χ0n) is 52.2. The number of hydrogen-bond donors (Lipinski definition) is 12. The Kier molecular flexibility index (Phi) is 43.9. The molecule has 3 saturated heterocycles. The van der Waals surface area contributed by atoms with E-state index in [9.17, 15) is 61.0 Å². The van der Waals surface area contributed by atoms with E-state index < -0.39 is 124 Å². The maximum Gasteiger partial charge on any atom is 0.220 e. The SMILES string of the molecule is CC/C=C\C/C=C\C/C=C\C/C=C\C/C=C\C/C=C\C/C=C\CCCCCCCCCCCCCCCC(=O)NC(COC1OC(CO)C(OC2OC(CO)C(OC3OC(CO)C(O)C(O)C3O)C(O)C2O)C(O)C1O)C(O)/C=C/CC/C=C/CCC.